The smallest absolute Gasteiger partial charge is 0.220 e. The molecular formula is C13H18ClNO2. The number of carbonyl (C=O) groups excluding carboxylic acids is 1. The van der Waals surface area contributed by atoms with Gasteiger partial charge in [-0.25, -0.2) is 0 Å². The average molecular weight is 256 g/mol. The standard InChI is InChI=1S/C13H18ClNO2/c1-9(16)3-8-13(17)15-10(2)11-4-6-12(14)7-5-11/h4-7,9-10,16H,3,8H2,1-2H3,(H,15,17)/t9?,10-/m0/s1. The van der Waals surface area contributed by atoms with E-state index in [0.29, 0.717) is 17.9 Å². The SMILES string of the molecule is CC(O)CCC(=O)N[C@@H](C)c1ccc(Cl)cc1. The summed E-state index contributed by atoms with van der Waals surface area (Å²) in [6.45, 7) is 3.60. The van der Waals surface area contributed by atoms with E-state index in [4.69, 9.17) is 16.7 Å². The first-order chi connectivity index (χ1) is 7.99. The van der Waals surface area contributed by atoms with Gasteiger partial charge in [-0.15, -0.1) is 0 Å². The molecule has 1 aromatic carbocycles. The lowest BCUT2D eigenvalue weighted by Crippen LogP contribution is -2.27. The first-order valence-corrected chi connectivity index (χ1v) is 6.09. The maximum atomic E-state index is 11.5. The maximum absolute atomic E-state index is 11.5. The van der Waals surface area contributed by atoms with E-state index in [1.165, 1.54) is 0 Å². The van der Waals surface area contributed by atoms with Gasteiger partial charge in [-0.2, -0.15) is 0 Å². The number of halogens is 1. The van der Waals surface area contributed by atoms with Crippen molar-refractivity contribution in [2.24, 2.45) is 0 Å². The molecule has 0 heterocycles. The molecule has 1 unspecified atom stereocenters. The second-order valence-electron chi connectivity index (χ2n) is 4.23. The summed E-state index contributed by atoms with van der Waals surface area (Å²) in [6.07, 6.45) is 0.390. The van der Waals surface area contributed by atoms with Gasteiger partial charge in [-0.3, -0.25) is 4.79 Å². The first kappa shape index (κ1) is 14.0. The maximum Gasteiger partial charge on any atom is 0.220 e. The molecular weight excluding hydrogens is 238 g/mol. The molecule has 3 nitrogen and oxygen atoms in total. The van der Waals surface area contributed by atoms with Crippen molar-refractivity contribution >= 4 is 17.5 Å². The summed E-state index contributed by atoms with van der Waals surface area (Å²) in [6, 6.07) is 7.34. The lowest BCUT2D eigenvalue weighted by molar-refractivity contribution is -0.122. The Labute approximate surface area is 107 Å². The molecule has 0 aliphatic rings. The van der Waals surface area contributed by atoms with Gasteiger partial charge in [-0.1, -0.05) is 23.7 Å². The van der Waals surface area contributed by atoms with Crippen LogP contribution in [0.5, 0.6) is 0 Å². The van der Waals surface area contributed by atoms with Crippen LogP contribution in [-0.2, 0) is 4.79 Å². The highest BCUT2D eigenvalue weighted by Crippen LogP contribution is 2.16. The van der Waals surface area contributed by atoms with Crippen LogP contribution in [0.3, 0.4) is 0 Å². The Kier molecular flexibility index (Phi) is 5.45. The minimum absolute atomic E-state index is 0.0474. The average Bonchev–Trinajstić information content (AvgIpc) is 2.27. The quantitative estimate of drug-likeness (QED) is 0.850. The molecule has 2 N–H and O–H groups in total. The van der Waals surface area contributed by atoms with E-state index in [0.717, 1.165) is 5.56 Å². The van der Waals surface area contributed by atoms with Crippen LogP contribution in [0.4, 0.5) is 0 Å². The molecule has 94 valence electrons. The summed E-state index contributed by atoms with van der Waals surface area (Å²) in [7, 11) is 0. The lowest BCUT2D eigenvalue weighted by atomic mass is 10.1. The van der Waals surface area contributed by atoms with Gasteiger partial charge < -0.3 is 10.4 Å². The molecule has 17 heavy (non-hydrogen) atoms. The molecule has 1 rings (SSSR count). The third-order valence-corrected chi connectivity index (χ3v) is 2.79. The van der Waals surface area contributed by atoms with Gasteiger partial charge in [0.25, 0.3) is 0 Å². The third kappa shape index (κ3) is 5.20. The summed E-state index contributed by atoms with van der Waals surface area (Å²) < 4.78 is 0. The summed E-state index contributed by atoms with van der Waals surface area (Å²) in [5.74, 6) is -0.0478. The second kappa shape index (κ2) is 6.62. The fraction of sp³-hybridized carbons (Fsp3) is 0.462. The minimum Gasteiger partial charge on any atom is -0.393 e. The van der Waals surface area contributed by atoms with Crippen LogP contribution >= 0.6 is 11.6 Å². The molecule has 0 saturated carbocycles. The number of aliphatic hydroxyl groups is 1. The first-order valence-electron chi connectivity index (χ1n) is 5.72. The molecule has 1 amide bonds. The molecule has 2 atom stereocenters. The molecule has 0 aliphatic heterocycles. The Morgan fingerprint density at radius 1 is 1.35 bits per heavy atom. The van der Waals surface area contributed by atoms with Crippen LogP contribution in [0.25, 0.3) is 0 Å². The van der Waals surface area contributed by atoms with Crippen molar-refractivity contribution < 1.29 is 9.90 Å². The molecule has 0 saturated heterocycles. The summed E-state index contributed by atoms with van der Waals surface area (Å²) >= 11 is 5.79. The van der Waals surface area contributed by atoms with Gasteiger partial charge in [0.2, 0.25) is 5.91 Å². The van der Waals surface area contributed by atoms with E-state index < -0.39 is 6.10 Å². The van der Waals surface area contributed by atoms with Crippen molar-refractivity contribution in [1.29, 1.82) is 0 Å². The van der Waals surface area contributed by atoms with Gasteiger partial charge in [0, 0.05) is 11.4 Å². The molecule has 0 bridgehead atoms. The van der Waals surface area contributed by atoms with Crippen molar-refractivity contribution in [3.05, 3.63) is 34.9 Å². The molecule has 1 aromatic rings. The number of amides is 1. The Morgan fingerprint density at radius 3 is 2.47 bits per heavy atom. The zero-order chi connectivity index (χ0) is 12.8. The molecule has 0 spiro atoms. The topological polar surface area (TPSA) is 49.3 Å². The van der Waals surface area contributed by atoms with Crippen LogP contribution in [-0.4, -0.2) is 17.1 Å². The van der Waals surface area contributed by atoms with Crippen molar-refractivity contribution in [1.82, 2.24) is 5.32 Å². The molecule has 0 radical (unpaired) electrons. The number of hydrogen-bond acceptors (Lipinski definition) is 2. The fourth-order valence-electron chi connectivity index (χ4n) is 1.49. The largest absolute Gasteiger partial charge is 0.393 e. The van der Waals surface area contributed by atoms with Gasteiger partial charge in [0.05, 0.1) is 12.1 Å². The Balaban J connectivity index is 2.46. The van der Waals surface area contributed by atoms with E-state index in [1.807, 2.05) is 19.1 Å². The zero-order valence-corrected chi connectivity index (χ0v) is 10.9. The Morgan fingerprint density at radius 2 is 1.94 bits per heavy atom. The number of nitrogens with one attached hydrogen (secondary N) is 1. The van der Waals surface area contributed by atoms with E-state index >= 15 is 0 Å². The van der Waals surface area contributed by atoms with Crippen LogP contribution < -0.4 is 5.32 Å². The fourth-order valence-corrected chi connectivity index (χ4v) is 1.61. The Bertz CT molecular complexity index is 362. The second-order valence-corrected chi connectivity index (χ2v) is 4.66. The van der Waals surface area contributed by atoms with Crippen molar-refractivity contribution in [2.75, 3.05) is 0 Å². The highest BCUT2D eigenvalue weighted by Gasteiger charge is 2.10. The third-order valence-electron chi connectivity index (χ3n) is 2.54. The van der Waals surface area contributed by atoms with E-state index in [-0.39, 0.29) is 11.9 Å². The van der Waals surface area contributed by atoms with Crippen molar-refractivity contribution in [2.45, 2.75) is 38.8 Å². The predicted molar refractivity (Wildman–Crippen MR) is 68.9 cm³/mol. The normalized spacial score (nSPS) is 14.1. The molecule has 4 heteroatoms. The number of rotatable bonds is 5. The highest BCUT2D eigenvalue weighted by molar-refractivity contribution is 6.30. The number of benzene rings is 1. The predicted octanol–water partition coefficient (Wildman–Crippen LogP) is 2.68. The zero-order valence-electron chi connectivity index (χ0n) is 10.1. The summed E-state index contributed by atoms with van der Waals surface area (Å²) in [5, 5.41) is 12.6. The van der Waals surface area contributed by atoms with E-state index in [2.05, 4.69) is 5.32 Å². The lowest BCUT2D eigenvalue weighted by Gasteiger charge is -2.14. The Hall–Kier alpha value is -1.06. The summed E-state index contributed by atoms with van der Waals surface area (Å²) in [4.78, 5) is 11.5. The number of hydrogen-bond donors (Lipinski definition) is 2. The van der Waals surface area contributed by atoms with Gasteiger partial charge in [-0.05, 0) is 38.0 Å². The van der Waals surface area contributed by atoms with Crippen molar-refractivity contribution in [3.8, 4) is 0 Å². The van der Waals surface area contributed by atoms with Crippen LogP contribution in [0.1, 0.15) is 38.3 Å². The minimum atomic E-state index is -0.438. The molecule has 0 aliphatic carbocycles. The van der Waals surface area contributed by atoms with Gasteiger partial charge in [0.1, 0.15) is 0 Å². The number of carbonyl (C=O) groups is 1. The highest BCUT2D eigenvalue weighted by atomic mass is 35.5. The van der Waals surface area contributed by atoms with E-state index in [9.17, 15) is 4.79 Å². The van der Waals surface area contributed by atoms with Crippen molar-refractivity contribution in [3.63, 3.8) is 0 Å². The van der Waals surface area contributed by atoms with Gasteiger partial charge >= 0.3 is 0 Å². The summed E-state index contributed by atoms with van der Waals surface area (Å²) in [5.41, 5.74) is 1.01. The molecule has 0 aromatic heterocycles. The van der Waals surface area contributed by atoms with Crippen LogP contribution in [0.15, 0.2) is 24.3 Å². The number of aliphatic hydroxyl groups excluding tert-OH is 1. The van der Waals surface area contributed by atoms with Crippen LogP contribution in [0, 0.1) is 0 Å². The van der Waals surface area contributed by atoms with Crippen LogP contribution in [0.2, 0.25) is 5.02 Å². The van der Waals surface area contributed by atoms with Gasteiger partial charge in [0.15, 0.2) is 0 Å². The monoisotopic (exact) mass is 255 g/mol. The van der Waals surface area contributed by atoms with E-state index in [1.54, 1.807) is 19.1 Å². The molecule has 0 fully saturated rings.